The standard InChI is InChI=1S/C15H20FNO3/c1-18-13-10(15(8-17)5-3-2-4-6-15)7-11-14(12(13)16)20-9-19-11/h7H,2-6,8-9,17H2,1H3. The molecule has 0 spiro atoms. The molecule has 5 heteroatoms. The van der Waals surface area contributed by atoms with Gasteiger partial charge in [0.05, 0.1) is 7.11 Å². The summed E-state index contributed by atoms with van der Waals surface area (Å²) < 4.78 is 30.4. The van der Waals surface area contributed by atoms with Gasteiger partial charge in [0.1, 0.15) is 0 Å². The number of benzene rings is 1. The lowest BCUT2D eigenvalue weighted by Crippen LogP contribution is -2.37. The molecule has 1 fully saturated rings. The van der Waals surface area contributed by atoms with Crippen LogP contribution < -0.4 is 19.9 Å². The van der Waals surface area contributed by atoms with E-state index < -0.39 is 5.82 Å². The van der Waals surface area contributed by atoms with Crippen LogP contribution in [0.2, 0.25) is 0 Å². The normalized spacial score (nSPS) is 19.9. The monoisotopic (exact) mass is 281 g/mol. The molecule has 1 aliphatic carbocycles. The smallest absolute Gasteiger partial charge is 0.231 e. The van der Waals surface area contributed by atoms with Gasteiger partial charge in [-0.15, -0.1) is 0 Å². The lowest BCUT2D eigenvalue weighted by molar-refractivity contribution is 0.170. The maximum Gasteiger partial charge on any atom is 0.231 e. The molecule has 1 aromatic carbocycles. The fourth-order valence-corrected chi connectivity index (χ4v) is 3.39. The van der Waals surface area contributed by atoms with Crippen molar-refractivity contribution in [2.24, 2.45) is 5.73 Å². The molecule has 0 bridgehead atoms. The molecule has 0 unspecified atom stereocenters. The fourth-order valence-electron chi connectivity index (χ4n) is 3.39. The van der Waals surface area contributed by atoms with Crippen molar-refractivity contribution in [3.05, 3.63) is 17.4 Å². The summed E-state index contributed by atoms with van der Waals surface area (Å²) in [5.74, 6) is 0.378. The van der Waals surface area contributed by atoms with Crippen molar-refractivity contribution in [2.45, 2.75) is 37.5 Å². The van der Waals surface area contributed by atoms with E-state index in [1.807, 2.05) is 6.07 Å². The van der Waals surface area contributed by atoms with E-state index in [1.54, 1.807) is 0 Å². The van der Waals surface area contributed by atoms with Crippen molar-refractivity contribution >= 4 is 0 Å². The summed E-state index contributed by atoms with van der Waals surface area (Å²) in [6, 6.07) is 1.85. The van der Waals surface area contributed by atoms with Gasteiger partial charge in [-0.25, -0.2) is 0 Å². The Labute approximate surface area is 118 Å². The van der Waals surface area contributed by atoms with E-state index in [9.17, 15) is 4.39 Å². The van der Waals surface area contributed by atoms with Crippen LogP contribution in [-0.2, 0) is 5.41 Å². The second-order valence-electron chi connectivity index (χ2n) is 5.55. The molecule has 0 amide bonds. The molecule has 4 nitrogen and oxygen atoms in total. The van der Waals surface area contributed by atoms with Gasteiger partial charge in [0.25, 0.3) is 0 Å². The highest BCUT2D eigenvalue weighted by Crippen LogP contribution is 2.49. The molecule has 20 heavy (non-hydrogen) atoms. The summed E-state index contributed by atoms with van der Waals surface area (Å²) in [5, 5.41) is 0. The number of methoxy groups -OCH3 is 1. The summed E-state index contributed by atoms with van der Waals surface area (Å²) in [7, 11) is 1.48. The van der Waals surface area contributed by atoms with Crippen LogP contribution >= 0.6 is 0 Å². The minimum absolute atomic E-state index is 0.0501. The molecule has 0 radical (unpaired) electrons. The fraction of sp³-hybridized carbons (Fsp3) is 0.600. The zero-order valence-corrected chi connectivity index (χ0v) is 11.7. The van der Waals surface area contributed by atoms with Crippen molar-refractivity contribution in [2.75, 3.05) is 20.4 Å². The van der Waals surface area contributed by atoms with Gasteiger partial charge in [0.2, 0.25) is 18.4 Å². The van der Waals surface area contributed by atoms with Crippen LogP contribution in [0.25, 0.3) is 0 Å². The quantitative estimate of drug-likeness (QED) is 0.925. The van der Waals surface area contributed by atoms with Gasteiger partial charge in [-0.05, 0) is 18.9 Å². The van der Waals surface area contributed by atoms with Crippen molar-refractivity contribution in [1.29, 1.82) is 0 Å². The van der Waals surface area contributed by atoms with Crippen molar-refractivity contribution in [1.82, 2.24) is 0 Å². The Balaban J connectivity index is 2.14. The van der Waals surface area contributed by atoms with Crippen molar-refractivity contribution < 1.29 is 18.6 Å². The predicted octanol–water partition coefficient (Wildman–Crippen LogP) is 2.72. The predicted molar refractivity (Wildman–Crippen MR) is 72.9 cm³/mol. The first kappa shape index (κ1) is 13.5. The molecule has 1 aromatic rings. The molecule has 0 aromatic heterocycles. The summed E-state index contributed by atoms with van der Waals surface area (Å²) in [6.07, 6.45) is 5.34. The molecule has 0 atom stereocenters. The lowest BCUT2D eigenvalue weighted by Gasteiger charge is -2.37. The van der Waals surface area contributed by atoms with Crippen molar-refractivity contribution in [3.63, 3.8) is 0 Å². The lowest BCUT2D eigenvalue weighted by atomic mass is 9.69. The highest BCUT2D eigenvalue weighted by atomic mass is 19.1. The maximum atomic E-state index is 14.5. The summed E-state index contributed by atoms with van der Waals surface area (Å²) in [6.45, 7) is 0.539. The Morgan fingerprint density at radius 3 is 2.70 bits per heavy atom. The van der Waals surface area contributed by atoms with E-state index in [-0.39, 0.29) is 23.7 Å². The average Bonchev–Trinajstić information content (AvgIpc) is 2.96. The Kier molecular flexibility index (Phi) is 3.46. The Morgan fingerprint density at radius 1 is 1.30 bits per heavy atom. The van der Waals surface area contributed by atoms with E-state index in [0.717, 1.165) is 31.2 Å². The zero-order valence-electron chi connectivity index (χ0n) is 11.7. The van der Waals surface area contributed by atoms with E-state index in [0.29, 0.717) is 12.3 Å². The third-order valence-corrected chi connectivity index (χ3v) is 4.54. The SMILES string of the molecule is COc1c(C2(CN)CCCCC2)cc2c(c1F)OCO2. The summed E-state index contributed by atoms with van der Waals surface area (Å²) >= 11 is 0. The molecule has 2 aliphatic rings. The van der Waals surface area contributed by atoms with E-state index in [1.165, 1.54) is 13.5 Å². The molecule has 1 saturated carbocycles. The Morgan fingerprint density at radius 2 is 2.05 bits per heavy atom. The van der Waals surface area contributed by atoms with Crippen molar-refractivity contribution in [3.8, 4) is 17.2 Å². The molecule has 0 saturated heterocycles. The first-order valence-electron chi connectivity index (χ1n) is 7.08. The van der Waals surface area contributed by atoms with Crippen LogP contribution in [0.5, 0.6) is 17.2 Å². The van der Waals surface area contributed by atoms with Gasteiger partial charge in [-0.1, -0.05) is 19.3 Å². The number of halogens is 1. The number of rotatable bonds is 3. The molecule has 110 valence electrons. The third-order valence-electron chi connectivity index (χ3n) is 4.54. The van der Waals surface area contributed by atoms with E-state index >= 15 is 0 Å². The minimum atomic E-state index is -0.476. The van der Waals surface area contributed by atoms with Gasteiger partial charge in [0.15, 0.2) is 11.5 Å². The number of hydrogen-bond donors (Lipinski definition) is 1. The molecule has 1 aliphatic heterocycles. The van der Waals surface area contributed by atoms with Gasteiger partial charge < -0.3 is 19.9 Å². The molecule has 2 N–H and O–H groups in total. The van der Waals surface area contributed by atoms with Gasteiger partial charge in [-0.2, -0.15) is 4.39 Å². The van der Waals surface area contributed by atoms with Crippen LogP contribution in [0.15, 0.2) is 6.07 Å². The van der Waals surface area contributed by atoms with Gasteiger partial charge in [-0.3, -0.25) is 0 Å². The largest absolute Gasteiger partial charge is 0.493 e. The highest BCUT2D eigenvalue weighted by Gasteiger charge is 2.38. The second-order valence-corrected chi connectivity index (χ2v) is 5.55. The Bertz CT molecular complexity index is 512. The number of nitrogens with two attached hydrogens (primary N) is 1. The van der Waals surface area contributed by atoms with E-state index in [2.05, 4.69) is 0 Å². The number of ether oxygens (including phenoxy) is 3. The first-order valence-corrected chi connectivity index (χ1v) is 7.08. The first-order chi connectivity index (χ1) is 9.72. The topological polar surface area (TPSA) is 53.7 Å². The van der Waals surface area contributed by atoms with Crippen LogP contribution in [-0.4, -0.2) is 20.4 Å². The third kappa shape index (κ3) is 1.92. The van der Waals surface area contributed by atoms with E-state index in [4.69, 9.17) is 19.9 Å². The van der Waals surface area contributed by atoms with Crippen LogP contribution in [0.3, 0.4) is 0 Å². The summed E-state index contributed by atoms with van der Waals surface area (Å²) in [5.41, 5.74) is 6.65. The summed E-state index contributed by atoms with van der Waals surface area (Å²) in [4.78, 5) is 0. The molecular formula is C15H20FNO3. The highest BCUT2D eigenvalue weighted by molar-refractivity contribution is 5.56. The zero-order chi connectivity index (χ0) is 14.2. The molecular weight excluding hydrogens is 261 g/mol. The van der Waals surface area contributed by atoms with Crippen LogP contribution in [0.4, 0.5) is 4.39 Å². The maximum absolute atomic E-state index is 14.5. The van der Waals surface area contributed by atoms with Gasteiger partial charge >= 0.3 is 0 Å². The van der Waals surface area contributed by atoms with Crippen LogP contribution in [0, 0.1) is 5.82 Å². The minimum Gasteiger partial charge on any atom is -0.493 e. The number of hydrogen-bond acceptors (Lipinski definition) is 4. The van der Waals surface area contributed by atoms with Crippen LogP contribution in [0.1, 0.15) is 37.7 Å². The molecule has 1 heterocycles. The Hall–Kier alpha value is -1.49. The second kappa shape index (κ2) is 5.13. The molecule has 3 rings (SSSR count). The average molecular weight is 281 g/mol. The number of fused-ring (bicyclic) bond motifs is 1. The van der Waals surface area contributed by atoms with Gasteiger partial charge in [0, 0.05) is 17.5 Å².